The molecule has 1 aliphatic carbocycles. The molecule has 1 N–H and O–H groups in total. The zero-order chi connectivity index (χ0) is 15.8. The Balaban J connectivity index is 1.66. The molecule has 1 saturated heterocycles. The van der Waals surface area contributed by atoms with Crippen LogP contribution < -0.4 is 5.32 Å². The van der Waals surface area contributed by atoms with E-state index >= 15 is 0 Å². The fourth-order valence-electron chi connectivity index (χ4n) is 3.77. The van der Waals surface area contributed by atoms with Crippen molar-refractivity contribution in [3.8, 4) is 0 Å². The largest absolute Gasteiger partial charge is 0.350 e. The second kappa shape index (κ2) is 5.65. The van der Waals surface area contributed by atoms with E-state index in [4.69, 9.17) is 0 Å². The number of carbonyl (C=O) groups excluding carboxylic acids is 2. The Morgan fingerprint density at radius 3 is 3.00 bits per heavy atom. The maximum absolute atomic E-state index is 13.0. The van der Waals surface area contributed by atoms with E-state index in [9.17, 15) is 9.59 Å². The Hall–Kier alpha value is -2.43. The van der Waals surface area contributed by atoms with Crippen LogP contribution >= 0.6 is 0 Å². The van der Waals surface area contributed by atoms with Gasteiger partial charge >= 0.3 is 0 Å². The lowest BCUT2D eigenvalue weighted by molar-refractivity contribution is -0.127. The zero-order valence-corrected chi connectivity index (χ0v) is 12.9. The van der Waals surface area contributed by atoms with Gasteiger partial charge in [0.15, 0.2) is 0 Å². The third kappa shape index (κ3) is 2.56. The first-order valence-corrected chi connectivity index (χ1v) is 8.17. The van der Waals surface area contributed by atoms with Crippen LogP contribution in [0.25, 0.3) is 10.9 Å². The zero-order valence-electron chi connectivity index (χ0n) is 12.9. The van der Waals surface area contributed by atoms with Crippen molar-refractivity contribution >= 4 is 22.7 Å². The lowest BCUT2D eigenvalue weighted by Gasteiger charge is -2.44. The van der Waals surface area contributed by atoms with Crippen molar-refractivity contribution in [2.24, 2.45) is 0 Å². The number of hydrogen-bond acceptors (Lipinski definition) is 3. The smallest absolute Gasteiger partial charge is 0.254 e. The van der Waals surface area contributed by atoms with Crippen molar-refractivity contribution in [2.75, 3.05) is 6.54 Å². The predicted molar refractivity (Wildman–Crippen MR) is 87.0 cm³/mol. The van der Waals surface area contributed by atoms with Crippen LogP contribution in [-0.2, 0) is 4.79 Å². The molecule has 23 heavy (non-hydrogen) atoms. The molecule has 0 bridgehead atoms. The molecule has 1 aromatic carbocycles. The molecule has 0 spiro atoms. The van der Waals surface area contributed by atoms with Gasteiger partial charge in [0.2, 0.25) is 5.91 Å². The molecule has 5 nitrogen and oxygen atoms in total. The number of pyridine rings is 1. The van der Waals surface area contributed by atoms with Gasteiger partial charge in [-0.3, -0.25) is 14.6 Å². The van der Waals surface area contributed by atoms with Crippen molar-refractivity contribution in [3.63, 3.8) is 0 Å². The van der Waals surface area contributed by atoms with Gasteiger partial charge in [0.1, 0.15) is 6.54 Å². The van der Waals surface area contributed by atoms with Gasteiger partial charge < -0.3 is 10.2 Å². The summed E-state index contributed by atoms with van der Waals surface area (Å²) < 4.78 is 0. The quantitative estimate of drug-likeness (QED) is 0.877. The average molecular weight is 309 g/mol. The molecule has 1 saturated carbocycles. The summed E-state index contributed by atoms with van der Waals surface area (Å²) >= 11 is 0. The number of rotatable bonds is 1. The first-order chi connectivity index (χ1) is 11.2. The van der Waals surface area contributed by atoms with Gasteiger partial charge in [-0.15, -0.1) is 0 Å². The molecule has 2 unspecified atom stereocenters. The summed E-state index contributed by atoms with van der Waals surface area (Å²) in [4.78, 5) is 31.0. The van der Waals surface area contributed by atoms with Crippen LogP contribution in [0.4, 0.5) is 0 Å². The minimum Gasteiger partial charge on any atom is -0.350 e. The monoisotopic (exact) mass is 309 g/mol. The summed E-state index contributed by atoms with van der Waals surface area (Å²) in [5.41, 5.74) is 1.50. The Kier molecular flexibility index (Phi) is 3.48. The Morgan fingerprint density at radius 1 is 1.22 bits per heavy atom. The third-order valence-corrected chi connectivity index (χ3v) is 4.90. The second-order valence-corrected chi connectivity index (χ2v) is 6.37. The molecule has 4 rings (SSSR count). The first-order valence-electron chi connectivity index (χ1n) is 8.17. The molecular weight excluding hydrogens is 290 g/mol. The van der Waals surface area contributed by atoms with Crippen molar-refractivity contribution in [3.05, 3.63) is 42.1 Å². The molecule has 2 amide bonds. The minimum atomic E-state index is -0.0532. The lowest BCUT2D eigenvalue weighted by Crippen LogP contribution is -2.62. The summed E-state index contributed by atoms with van der Waals surface area (Å²) in [7, 11) is 0. The molecule has 118 valence electrons. The molecule has 1 aliphatic heterocycles. The number of carbonyl (C=O) groups is 2. The highest BCUT2D eigenvalue weighted by Crippen LogP contribution is 2.27. The van der Waals surface area contributed by atoms with Gasteiger partial charge in [-0.05, 0) is 37.1 Å². The van der Waals surface area contributed by atoms with Crippen LogP contribution in [-0.4, -0.2) is 40.3 Å². The molecule has 2 heterocycles. The highest BCUT2D eigenvalue weighted by atomic mass is 16.2. The van der Waals surface area contributed by atoms with Crippen molar-refractivity contribution in [1.82, 2.24) is 15.2 Å². The van der Waals surface area contributed by atoms with E-state index in [0.717, 1.165) is 36.6 Å². The van der Waals surface area contributed by atoms with Crippen LogP contribution in [0.5, 0.6) is 0 Å². The molecule has 5 heteroatoms. The number of benzene rings is 1. The maximum atomic E-state index is 13.0. The van der Waals surface area contributed by atoms with Gasteiger partial charge in [0.25, 0.3) is 5.91 Å². The number of piperazine rings is 1. The fourth-order valence-corrected chi connectivity index (χ4v) is 3.77. The number of hydrogen-bond donors (Lipinski definition) is 1. The van der Waals surface area contributed by atoms with Crippen molar-refractivity contribution in [1.29, 1.82) is 0 Å². The van der Waals surface area contributed by atoms with Gasteiger partial charge in [-0.25, -0.2) is 0 Å². The Morgan fingerprint density at radius 2 is 2.09 bits per heavy atom. The number of aromatic nitrogens is 1. The topological polar surface area (TPSA) is 62.3 Å². The fraction of sp³-hybridized carbons (Fsp3) is 0.389. The Bertz CT molecular complexity index is 774. The van der Waals surface area contributed by atoms with Gasteiger partial charge in [0, 0.05) is 23.2 Å². The lowest BCUT2D eigenvalue weighted by atomic mass is 9.87. The third-order valence-electron chi connectivity index (χ3n) is 4.90. The summed E-state index contributed by atoms with van der Waals surface area (Å²) in [6.45, 7) is 0.158. The van der Waals surface area contributed by atoms with E-state index in [1.54, 1.807) is 11.1 Å². The molecule has 2 atom stereocenters. The summed E-state index contributed by atoms with van der Waals surface area (Å²) in [5, 5.41) is 3.99. The van der Waals surface area contributed by atoms with E-state index < -0.39 is 0 Å². The van der Waals surface area contributed by atoms with Gasteiger partial charge in [0.05, 0.1) is 11.6 Å². The van der Waals surface area contributed by atoms with Gasteiger partial charge in [-0.1, -0.05) is 18.9 Å². The minimum absolute atomic E-state index is 0.0519. The van der Waals surface area contributed by atoms with E-state index in [1.807, 2.05) is 30.3 Å². The average Bonchev–Trinajstić information content (AvgIpc) is 2.60. The highest BCUT2D eigenvalue weighted by Gasteiger charge is 2.39. The molecular formula is C18H19N3O2. The van der Waals surface area contributed by atoms with Gasteiger partial charge in [-0.2, -0.15) is 0 Å². The number of fused-ring (bicyclic) bond motifs is 2. The first kappa shape index (κ1) is 14.2. The molecule has 0 radical (unpaired) electrons. The van der Waals surface area contributed by atoms with E-state index in [0.29, 0.717) is 5.56 Å². The van der Waals surface area contributed by atoms with Crippen LogP contribution in [0, 0.1) is 0 Å². The summed E-state index contributed by atoms with van der Waals surface area (Å²) in [5.74, 6) is -0.105. The van der Waals surface area contributed by atoms with E-state index in [-0.39, 0.29) is 30.4 Å². The number of nitrogens with zero attached hydrogens (tertiary/aromatic N) is 2. The normalized spacial score (nSPS) is 24.2. The summed E-state index contributed by atoms with van der Waals surface area (Å²) in [6.07, 6.45) is 5.90. The standard InChI is InChI=1S/C18H19N3O2/c22-17-11-21(16-6-2-1-5-15(16)20-17)18(23)13-7-8-14-12(10-13)4-3-9-19-14/h3-4,7-10,15-16H,1-2,5-6,11H2,(H,20,22). The molecule has 2 aliphatic rings. The van der Waals surface area contributed by atoms with Crippen molar-refractivity contribution < 1.29 is 9.59 Å². The van der Waals surface area contributed by atoms with Crippen LogP contribution in [0.15, 0.2) is 36.5 Å². The number of amides is 2. The SMILES string of the molecule is O=C1CN(C(=O)c2ccc3ncccc3c2)C2CCCCC2N1. The van der Waals surface area contributed by atoms with Crippen molar-refractivity contribution in [2.45, 2.75) is 37.8 Å². The maximum Gasteiger partial charge on any atom is 0.254 e. The molecule has 2 aromatic rings. The Labute approximate surface area is 134 Å². The van der Waals surface area contributed by atoms with E-state index in [1.165, 1.54) is 0 Å². The molecule has 2 fully saturated rings. The highest BCUT2D eigenvalue weighted by molar-refractivity contribution is 6.00. The second-order valence-electron chi connectivity index (χ2n) is 6.37. The predicted octanol–water partition coefficient (Wildman–Crippen LogP) is 2.12. The van der Waals surface area contributed by atoms with E-state index in [2.05, 4.69) is 10.3 Å². The summed E-state index contributed by atoms with van der Waals surface area (Å²) in [6, 6.07) is 9.59. The van der Waals surface area contributed by atoms with Crippen LogP contribution in [0.2, 0.25) is 0 Å². The number of nitrogens with one attached hydrogen (secondary N) is 1. The van der Waals surface area contributed by atoms with Crippen LogP contribution in [0.3, 0.4) is 0 Å². The molecule has 1 aromatic heterocycles. The van der Waals surface area contributed by atoms with Crippen LogP contribution in [0.1, 0.15) is 36.0 Å².